The summed E-state index contributed by atoms with van der Waals surface area (Å²) >= 11 is 0. The molecule has 0 aliphatic rings. The van der Waals surface area contributed by atoms with Crippen LogP contribution in [-0.2, 0) is 91.1 Å². The third-order valence-electron chi connectivity index (χ3n) is 19.7. The van der Waals surface area contributed by atoms with E-state index in [1.54, 1.807) is 48.5 Å². The van der Waals surface area contributed by atoms with E-state index in [2.05, 4.69) is 101 Å². The molecule has 0 radical (unpaired) electrons. The lowest BCUT2D eigenvalue weighted by Gasteiger charge is -2.30. The molecule has 0 aromatic rings. The zero-order valence-electron chi connectivity index (χ0n) is 76.3. The second-order valence-electron chi connectivity index (χ2n) is 32.5. The van der Waals surface area contributed by atoms with E-state index in [4.69, 9.17) is 50.3 Å². The van der Waals surface area contributed by atoms with Crippen LogP contribution < -0.4 is 135 Å². The van der Waals surface area contributed by atoms with E-state index in [-0.39, 0.29) is 115 Å². The number of carboxylic acids is 3. The molecule has 0 saturated carbocycles. The molecule has 0 aromatic carbocycles. The summed E-state index contributed by atoms with van der Waals surface area (Å²) in [6.07, 6.45) is -3.86. The van der Waals surface area contributed by atoms with Gasteiger partial charge < -0.3 is 181 Å². The maximum absolute atomic E-state index is 14.4. The summed E-state index contributed by atoms with van der Waals surface area (Å²) in [5.41, 5.74) is 27.6. The summed E-state index contributed by atoms with van der Waals surface area (Å²) in [6, 6.07) is -30.1. The van der Waals surface area contributed by atoms with E-state index < -0.39 is 303 Å². The first-order valence-electron chi connectivity index (χ1n) is 43.0. The van der Waals surface area contributed by atoms with E-state index in [0.717, 1.165) is 6.92 Å². The van der Waals surface area contributed by atoms with Gasteiger partial charge in [-0.05, 0) is 101 Å². The van der Waals surface area contributed by atoms with Gasteiger partial charge in [-0.15, -0.1) is 0 Å². The van der Waals surface area contributed by atoms with Gasteiger partial charge in [0.15, 0.2) is 23.8 Å². The molecule has 43 N–H and O–H groups in total. The summed E-state index contributed by atoms with van der Waals surface area (Å²) in [5.74, 6) is -28.1. The molecule has 57 nitrogen and oxygen atoms in total. The molecule has 0 unspecified atom stereocenters. The van der Waals surface area contributed by atoms with Crippen molar-refractivity contribution in [2.24, 2.45) is 52.3 Å². The molecule has 0 rings (SSSR count). The van der Waals surface area contributed by atoms with Crippen LogP contribution in [0.5, 0.6) is 0 Å². The van der Waals surface area contributed by atoms with Crippen molar-refractivity contribution in [3.63, 3.8) is 0 Å². The maximum Gasteiger partial charge on any atom is 0.328 e. The summed E-state index contributed by atoms with van der Waals surface area (Å²) in [7, 11) is 0. The molecular weight excluding hydrogens is 1780 g/mol. The summed E-state index contributed by atoms with van der Waals surface area (Å²) in [4.78, 5) is 259. The minimum Gasteiger partial charge on any atom is -0.481 e. The van der Waals surface area contributed by atoms with E-state index in [0.29, 0.717) is 0 Å². The quantitative estimate of drug-likeness (QED) is 0.0153. The largest absolute Gasteiger partial charge is 0.481 e. The van der Waals surface area contributed by atoms with Crippen molar-refractivity contribution in [3.8, 4) is 0 Å². The van der Waals surface area contributed by atoms with Crippen molar-refractivity contribution in [2.45, 2.75) is 255 Å². The highest BCUT2D eigenvalue weighted by atomic mass is 16.4. The van der Waals surface area contributed by atoms with Crippen LogP contribution in [0.25, 0.3) is 0 Å². The number of aliphatic carboxylic acids is 3. The standard InChI is InChI=1S/C77H139N29O28/c1-10-37(8)56(72(132)99-45(25-36(6)7)65(125)98-47(27-55(115)116)66(126)103-48(28-107)67(127)95-43(18-14-22-90-77(85)86)62(122)101-51(31-110)70(130)105-53(33-112)73(133)134)106-71(131)52(32-111)102-60(120)40(15-11-19-87-74(79)80)92-57(117)38(9)91-63(123)46(26-54(113)114)97-64(124)44(24-35(4)5)96-59(119)42(17-13-21-89-76(83)84)94-68(128)49(29-108)104-69(129)50(30-109)100-61(121)41(16-12-20-88-75(81)82)93-58(118)39(78)23-34(2)3/h34-53,56,107-112H,10-33,78H2,1-9H3,(H,91,123)(H,92,117)(H,93,118)(H,94,128)(H,95,127)(H,96,119)(H,97,124)(H,98,125)(H,99,132)(H,100,121)(H,101,122)(H,102,120)(H,103,126)(H,104,129)(H,105,130)(H,106,131)(H,113,114)(H,115,116)(H,133,134)(H4,79,80,87)(H4,81,82,88)(H4,83,84,89)(H4,85,86,90)/t37-,38-,39-,40-,41-,42-,43-,44-,45-,46-,47-,48-,49-,50-,51-,52-,53-,56-/m0/s1. The molecule has 16 amide bonds. The smallest absolute Gasteiger partial charge is 0.328 e. The first kappa shape index (κ1) is 121. The van der Waals surface area contributed by atoms with Gasteiger partial charge in [0, 0.05) is 26.2 Å². The van der Waals surface area contributed by atoms with Crippen LogP contribution in [0.15, 0.2) is 0 Å². The Kier molecular flexibility index (Phi) is 57.4. The van der Waals surface area contributed by atoms with Crippen molar-refractivity contribution < 1.29 is 137 Å². The number of carboxylic acid groups (broad SMARTS) is 3. The van der Waals surface area contributed by atoms with Crippen molar-refractivity contribution >= 4 is 136 Å². The van der Waals surface area contributed by atoms with E-state index in [1.165, 1.54) is 6.92 Å². The number of rotatable bonds is 67. The van der Waals surface area contributed by atoms with Gasteiger partial charge in [0.05, 0.1) is 58.5 Å². The van der Waals surface area contributed by atoms with E-state index >= 15 is 0 Å². The molecule has 18 atom stereocenters. The lowest BCUT2D eigenvalue weighted by molar-refractivity contribution is -0.144. The van der Waals surface area contributed by atoms with E-state index in [9.17, 15) is 137 Å². The normalized spacial score (nSPS) is 15.1. The number of nitrogens with two attached hydrogens (primary N) is 5. The second-order valence-corrected chi connectivity index (χ2v) is 32.5. The lowest BCUT2D eigenvalue weighted by Crippen LogP contribution is -2.62. The second kappa shape index (κ2) is 63.7. The van der Waals surface area contributed by atoms with Gasteiger partial charge in [-0.3, -0.25) is 108 Å². The van der Waals surface area contributed by atoms with Gasteiger partial charge in [0.25, 0.3) is 0 Å². The molecule has 0 aliphatic heterocycles. The van der Waals surface area contributed by atoms with Gasteiger partial charge in [-0.1, -0.05) is 61.8 Å². The third-order valence-corrected chi connectivity index (χ3v) is 19.7. The number of aliphatic hydroxyl groups excluding tert-OH is 6. The fraction of sp³-hybridized carbons (Fsp3) is 0.701. The van der Waals surface area contributed by atoms with Crippen molar-refractivity contribution in [1.29, 1.82) is 21.6 Å². The number of hydrogen-bond acceptors (Lipinski definition) is 30. The maximum atomic E-state index is 14.4. The number of amides is 16. The van der Waals surface area contributed by atoms with Gasteiger partial charge in [-0.25, -0.2) is 4.79 Å². The fourth-order valence-corrected chi connectivity index (χ4v) is 12.3. The molecule has 0 spiro atoms. The Morgan fingerprint density at radius 1 is 0.269 bits per heavy atom. The highest BCUT2D eigenvalue weighted by Crippen LogP contribution is 2.16. The Labute approximate surface area is 771 Å². The number of guanidine groups is 4. The Balaban J connectivity index is 7.08. The summed E-state index contributed by atoms with van der Waals surface area (Å²) in [5, 5.41) is 166. The number of carbonyl (C=O) groups excluding carboxylic acids is 16. The van der Waals surface area contributed by atoms with E-state index in [1.807, 2.05) is 5.32 Å². The van der Waals surface area contributed by atoms with Crippen LogP contribution in [-0.4, -0.2) is 351 Å². The average Bonchev–Trinajstić information content (AvgIpc) is 0.865. The van der Waals surface area contributed by atoms with Crippen LogP contribution >= 0.6 is 0 Å². The average molecular weight is 1920 g/mol. The highest BCUT2D eigenvalue weighted by molar-refractivity contribution is 6.02. The van der Waals surface area contributed by atoms with Crippen molar-refractivity contribution in [2.75, 3.05) is 65.8 Å². The van der Waals surface area contributed by atoms with Gasteiger partial charge in [-0.2, -0.15) is 0 Å². The zero-order valence-corrected chi connectivity index (χ0v) is 76.3. The monoisotopic (exact) mass is 1920 g/mol. The molecule has 0 aromatic heterocycles. The predicted molar refractivity (Wildman–Crippen MR) is 474 cm³/mol. The third kappa shape index (κ3) is 48.2. The fourth-order valence-electron chi connectivity index (χ4n) is 12.3. The molecule has 134 heavy (non-hydrogen) atoms. The van der Waals surface area contributed by atoms with Crippen LogP contribution in [0.1, 0.15) is 152 Å². The molecule has 0 aliphatic carbocycles. The zero-order chi connectivity index (χ0) is 103. The molecule has 0 fully saturated rings. The Morgan fingerprint density at radius 2 is 0.485 bits per heavy atom. The molecule has 0 bridgehead atoms. The lowest BCUT2D eigenvalue weighted by atomic mass is 9.96. The highest BCUT2D eigenvalue weighted by Gasteiger charge is 2.41. The SMILES string of the molecule is CC[C@H](C)[C@H](NC(=O)[C@H](CO)NC(=O)[C@H](CCCNC(=N)N)NC(=O)[C@H](C)NC(=O)[C@H](CC(=O)O)NC(=O)[C@H](CC(C)C)NC(=O)[C@H](CCCNC(=N)N)NC(=O)[C@H](CO)NC(=O)[C@H](CO)NC(=O)[C@H](CCCNC(=N)N)NC(=O)[C@@H](N)CC(C)C)C(=O)N[C@@H](CC(C)C)C(=O)N[C@@H](CC(=O)O)C(=O)N[C@@H](CO)C(=O)N[C@@H](CCCNC(=N)N)C(=O)N[C@@H](CO)C(=O)N[C@@H](CO)C(=O)O. The van der Waals surface area contributed by atoms with Crippen LogP contribution in [0.3, 0.4) is 0 Å². The molecule has 760 valence electrons. The van der Waals surface area contributed by atoms with Crippen molar-refractivity contribution in [3.05, 3.63) is 0 Å². The first-order chi connectivity index (χ1) is 62.7. The summed E-state index contributed by atoms with van der Waals surface area (Å²) < 4.78 is 0. The Hall–Kier alpha value is -13.3. The molecule has 57 heteroatoms. The Bertz CT molecular complexity index is 3980. The predicted octanol–water partition coefficient (Wildman–Crippen LogP) is -14.7. The number of carbonyl (C=O) groups is 19. The Morgan fingerprint density at radius 3 is 0.746 bits per heavy atom. The van der Waals surface area contributed by atoms with Crippen LogP contribution in [0, 0.1) is 45.3 Å². The van der Waals surface area contributed by atoms with Crippen LogP contribution in [0.4, 0.5) is 0 Å². The number of aliphatic hydroxyl groups is 6. The minimum absolute atomic E-state index is 0.0298. The van der Waals surface area contributed by atoms with Crippen LogP contribution in [0.2, 0.25) is 0 Å². The van der Waals surface area contributed by atoms with Crippen molar-refractivity contribution in [1.82, 2.24) is 106 Å². The number of hydrogen-bond donors (Lipinski definition) is 38. The summed E-state index contributed by atoms with van der Waals surface area (Å²) in [6.45, 7) is 6.83. The first-order valence-corrected chi connectivity index (χ1v) is 43.0. The molecular formula is C77H139N29O28. The molecule has 0 saturated heterocycles. The minimum atomic E-state index is -2.12. The topological polar surface area (TPSA) is 973 Å². The van der Waals surface area contributed by atoms with Gasteiger partial charge >= 0.3 is 17.9 Å². The van der Waals surface area contributed by atoms with Gasteiger partial charge in [0.2, 0.25) is 94.5 Å². The molecule has 0 heterocycles. The van der Waals surface area contributed by atoms with Gasteiger partial charge in [0.1, 0.15) is 96.7 Å². The number of nitrogens with one attached hydrogen (secondary N) is 24.